The van der Waals surface area contributed by atoms with Crippen molar-refractivity contribution in [1.82, 2.24) is 24.3 Å². The van der Waals surface area contributed by atoms with Gasteiger partial charge in [-0.1, -0.05) is 4.49 Å². The predicted octanol–water partition coefficient (Wildman–Crippen LogP) is 2.18. The van der Waals surface area contributed by atoms with Crippen LogP contribution in [0.25, 0.3) is 0 Å². The minimum absolute atomic E-state index is 0.931. The minimum Gasteiger partial charge on any atom is -0.301 e. The highest BCUT2D eigenvalue weighted by atomic mass is 32.1. The van der Waals surface area contributed by atoms with Crippen LogP contribution >= 0.6 is 11.5 Å². The maximum absolute atomic E-state index is 4.48. The molecule has 0 aliphatic rings. The lowest BCUT2D eigenvalue weighted by molar-refractivity contribution is 0.312. The first kappa shape index (κ1) is 14.1. The molecule has 0 aliphatic heterocycles. The van der Waals surface area contributed by atoms with Gasteiger partial charge in [-0.2, -0.15) is 5.10 Å². The second-order valence-electron chi connectivity index (χ2n) is 5.02. The summed E-state index contributed by atoms with van der Waals surface area (Å²) < 4.78 is 6.05. The molecule has 0 saturated heterocycles. The Hall–Kier alpha value is -1.27. The van der Waals surface area contributed by atoms with Crippen molar-refractivity contribution in [3.05, 3.63) is 28.0 Å². The average Bonchev–Trinajstić information content (AvgIpc) is 2.86. The summed E-state index contributed by atoms with van der Waals surface area (Å²) in [5.74, 6) is 0. The molecule has 2 aromatic rings. The molecule has 2 aromatic heterocycles. The number of rotatable bonds is 6. The largest absolute Gasteiger partial charge is 0.301 e. The van der Waals surface area contributed by atoms with Crippen LogP contribution in [0.5, 0.6) is 0 Å². The van der Waals surface area contributed by atoms with Crippen LogP contribution in [0.1, 0.15) is 28.4 Å². The first-order valence-corrected chi connectivity index (χ1v) is 7.31. The average molecular weight is 279 g/mol. The third kappa shape index (κ3) is 3.84. The number of aryl methyl sites for hydroxylation is 4. The molecule has 19 heavy (non-hydrogen) atoms. The minimum atomic E-state index is 0.931. The smallest absolute Gasteiger partial charge is 0.0769 e. The normalized spacial score (nSPS) is 11.4. The maximum Gasteiger partial charge on any atom is 0.0769 e. The van der Waals surface area contributed by atoms with E-state index >= 15 is 0 Å². The Balaban J connectivity index is 1.76. The molecule has 0 bridgehead atoms. The third-order valence-electron chi connectivity index (χ3n) is 3.17. The topological polar surface area (TPSA) is 46.8 Å². The molecule has 0 radical (unpaired) electrons. The molecule has 0 N–H and O–H groups in total. The van der Waals surface area contributed by atoms with Crippen LogP contribution in [-0.4, -0.2) is 37.9 Å². The number of hydrogen-bond donors (Lipinski definition) is 0. The molecule has 0 saturated carbocycles. The van der Waals surface area contributed by atoms with Crippen LogP contribution < -0.4 is 0 Å². The lowest BCUT2D eigenvalue weighted by Crippen LogP contribution is -2.20. The Bertz CT molecular complexity index is 531. The van der Waals surface area contributed by atoms with Gasteiger partial charge in [0.05, 0.1) is 16.3 Å². The van der Waals surface area contributed by atoms with Gasteiger partial charge in [-0.05, 0) is 58.4 Å². The van der Waals surface area contributed by atoms with Gasteiger partial charge in [-0.25, -0.2) is 0 Å². The Morgan fingerprint density at radius 2 is 2.11 bits per heavy atom. The third-order valence-corrected chi connectivity index (χ3v) is 3.98. The van der Waals surface area contributed by atoms with E-state index < -0.39 is 0 Å². The Morgan fingerprint density at radius 1 is 1.32 bits per heavy atom. The van der Waals surface area contributed by atoms with Crippen molar-refractivity contribution in [2.45, 2.75) is 40.3 Å². The Kier molecular flexibility index (Phi) is 4.66. The SMILES string of the molecule is Cc1cc(C)n(CCCN(C)Cc2snnc2C)n1. The molecule has 0 atom stereocenters. The van der Waals surface area contributed by atoms with Gasteiger partial charge in [0.2, 0.25) is 0 Å². The van der Waals surface area contributed by atoms with E-state index in [-0.39, 0.29) is 0 Å². The molecule has 0 unspecified atom stereocenters. The van der Waals surface area contributed by atoms with E-state index in [2.05, 4.69) is 44.3 Å². The molecule has 0 aliphatic carbocycles. The van der Waals surface area contributed by atoms with E-state index in [9.17, 15) is 0 Å². The number of aromatic nitrogens is 4. The second-order valence-corrected chi connectivity index (χ2v) is 5.86. The zero-order valence-corrected chi connectivity index (χ0v) is 12.9. The molecule has 6 heteroatoms. The summed E-state index contributed by atoms with van der Waals surface area (Å²) in [5.41, 5.74) is 3.38. The quantitative estimate of drug-likeness (QED) is 0.813. The lowest BCUT2D eigenvalue weighted by Gasteiger charge is -2.15. The van der Waals surface area contributed by atoms with Crippen molar-refractivity contribution >= 4 is 11.5 Å². The molecule has 2 heterocycles. The summed E-state index contributed by atoms with van der Waals surface area (Å²) in [4.78, 5) is 3.57. The summed E-state index contributed by atoms with van der Waals surface area (Å²) in [5, 5.41) is 8.52. The van der Waals surface area contributed by atoms with Gasteiger partial charge in [-0.3, -0.25) is 4.68 Å². The fraction of sp³-hybridized carbons (Fsp3) is 0.615. The first-order chi connectivity index (χ1) is 9.06. The van der Waals surface area contributed by atoms with Gasteiger partial charge in [0, 0.05) is 18.8 Å². The molecule has 5 nitrogen and oxygen atoms in total. The maximum atomic E-state index is 4.48. The highest BCUT2D eigenvalue weighted by molar-refractivity contribution is 7.05. The lowest BCUT2D eigenvalue weighted by atomic mass is 10.3. The van der Waals surface area contributed by atoms with Gasteiger partial charge in [0.1, 0.15) is 0 Å². The molecule has 0 fully saturated rings. The van der Waals surface area contributed by atoms with Crippen LogP contribution in [-0.2, 0) is 13.1 Å². The summed E-state index contributed by atoms with van der Waals surface area (Å²) in [6.07, 6.45) is 1.10. The van der Waals surface area contributed by atoms with Crippen LogP contribution in [0.15, 0.2) is 6.07 Å². The van der Waals surface area contributed by atoms with Crippen molar-refractivity contribution in [1.29, 1.82) is 0 Å². The fourth-order valence-corrected chi connectivity index (χ4v) is 2.82. The fourth-order valence-electron chi connectivity index (χ4n) is 2.11. The molecule has 2 rings (SSSR count). The van der Waals surface area contributed by atoms with Crippen molar-refractivity contribution in [2.24, 2.45) is 0 Å². The molecule has 104 valence electrons. The summed E-state index contributed by atoms with van der Waals surface area (Å²) in [6, 6.07) is 2.12. The van der Waals surface area contributed by atoms with Crippen LogP contribution in [0, 0.1) is 20.8 Å². The van der Waals surface area contributed by atoms with Crippen molar-refractivity contribution in [3.8, 4) is 0 Å². The first-order valence-electron chi connectivity index (χ1n) is 6.53. The van der Waals surface area contributed by atoms with Gasteiger partial charge in [-0.15, -0.1) is 5.10 Å². The van der Waals surface area contributed by atoms with E-state index in [1.165, 1.54) is 22.1 Å². The molecule has 0 amide bonds. The van der Waals surface area contributed by atoms with Gasteiger partial charge >= 0.3 is 0 Å². The van der Waals surface area contributed by atoms with Gasteiger partial charge in [0.25, 0.3) is 0 Å². The predicted molar refractivity (Wildman–Crippen MR) is 77.3 cm³/mol. The van der Waals surface area contributed by atoms with Crippen molar-refractivity contribution in [3.63, 3.8) is 0 Å². The molecular formula is C13H21N5S. The Morgan fingerprint density at radius 3 is 2.68 bits per heavy atom. The van der Waals surface area contributed by atoms with E-state index in [4.69, 9.17) is 0 Å². The van der Waals surface area contributed by atoms with E-state index in [0.717, 1.165) is 37.4 Å². The van der Waals surface area contributed by atoms with Gasteiger partial charge < -0.3 is 4.90 Å². The molecular weight excluding hydrogens is 258 g/mol. The Labute approximate surface area is 118 Å². The van der Waals surface area contributed by atoms with E-state index in [0.29, 0.717) is 0 Å². The van der Waals surface area contributed by atoms with E-state index in [1.807, 2.05) is 13.8 Å². The summed E-state index contributed by atoms with van der Waals surface area (Å²) in [6.45, 7) is 9.12. The van der Waals surface area contributed by atoms with Gasteiger partial charge in [0.15, 0.2) is 0 Å². The van der Waals surface area contributed by atoms with Crippen LogP contribution in [0.4, 0.5) is 0 Å². The highest BCUT2D eigenvalue weighted by Gasteiger charge is 2.07. The standard InChI is InChI=1S/C13H21N5S/c1-10-8-11(2)18(15-10)7-5-6-17(4)9-13-12(3)14-16-19-13/h8H,5-7,9H2,1-4H3. The zero-order valence-electron chi connectivity index (χ0n) is 12.1. The number of hydrogen-bond acceptors (Lipinski definition) is 5. The van der Waals surface area contributed by atoms with Crippen molar-refractivity contribution in [2.75, 3.05) is 13.6 Å². The monoisotopic (exact) mass is 279 g/mol. The highest BCUT2D eigenvalue weighted by Crippen LogP contribution is 2.11. The number of nitrogens with zero attached hydrogens (tertiary/aromatic N) is 5. The van der Waals surface area contributed by atoms with Crippen molar-refractivity contribution < 1.29 is 0 Å². The van der Waals surface area contributed by atoms with E-state index in [1.54, 1.807) is 0 Å². The van der Waals surface area contributed by atoms with Crippen LogP contribution in [0.3, 0.4) is 0 Å². The second kappa shape index (κ2) is 6.25. The summed E-state index contributed by atoms with van der Waals surface area (Å²) in [7, 11) is 2.14. The molecule has 0 spiro atoms. The molecule has 0 aromatic carbocycles. The zero-order chi connectivity index (χ0) is 13.8. The summed E-state index contributed by atoms with van der Waals surface area (Å²) >= 11 is 1.49. The van der Waals surface area contributed by atoms with Crippen LogP contribution in [0.2, 0.25) is 0 Å².